The number of likely N-dealkylation sites (tertiary alicyclic amines) is 1. The summed E-state index contributed by atoms with van der Waals surface area (Å²) < 4.78 is 0. The Morgan fingerprint density at radius 2 is 2.00 bits per heavy atom. The van der Waals surface area contributed by atoms with Crippen molar-refractivity contribution >= 4 is 17.7 Å². The van der Waals surface area contributed by atoms with Gasteiger partial charge in [-0.2, -0.15) is 15.0 Å². The van der Waals surface area contributed by atoms with Crippen LogP contribution in [0.2, 0.25) is 0 Å². The van der Waals surface area contributed by atoms with Crippen molar-refractivity contribution in [3.05, 3.63) is 42.2 Å². The highest BCUT2D eigenvalue weighted by Gasteiger charge is 2.27. The molecule has 1 aromatic heterocycles. The van der Waals surface area contributed by atoms with E-state index in [1.165, 1.54) is 10.5 Å². The molecule has 1 aromatic carbocycles. The van der Waals surface area contributed by atoms with E-state index in [0.717, 1.165) is 25.9 Å². The minimum Gasteiger partial charge on any atom is -0.340 e. The number of carbonyl (C=O) groups is 1. The van der Waals surface area contributed by atoms with Gasteiger partial charge in [0, 0.05) is 24.4 Å². The predicted octanol–water partition coefficient (Wildman–Crippen LogP) is 2.41. The van der Waals surface area contributed by atoms with Crippen molar-refractivity contribution in [2.75, 3.05) is 19.3 Å². The van der Waals surface area contributed by atoms with Gasteiger partial charge in [-0.3, -0.25) is 4.79 Å². The Balaban J connectivity index is 1.50. The number of aromatic nitrogens is 3. The van der Waals surface area contributed by atoms with E-state index in [9.17, 15) is 4.79 Å². The smallest absolute Gasteiger partial charge is 0.222 e. The van der Waals surface area contributed by atoms with Crippen LogP contribution in [0, 0.1) is 0 Å². The minimum absolute atomic E-state index is 0.222. The lowest BCUT2D eigenvalue weighted by Crippen LogP contribution is -2.29. The summed E-state index contributed by atoms with van der Waals surface area (Å²) in [6, 6.07) is 8.67. The third-order valence-corrected chi connectivity index (χ3v) is 4.81. The van der Waals surface area contributed by atoms with Gasteiger partial charge in [0.2, 0.25) is 5.91 Å². The molecule has 22 heavy (non-hydrogen) atoms. The first-order valence-electron chi connectivity index (χ1n) is 7.53. The summed E-state index contributed by atoms with van der Waals surface area (Å²) in [6.07, 6.45) is 7.73. The minimum atomic E-state index is 0.222. The molecule has 1 fully saturated rings. The first-order valence-corrected chi connectivity index (χ1v) is 8.75. The van der Waals surface area contributed by atoms with E-state index in [1.54, 1.807) is 29.0 Å². The van der Waals surface area contributed by atoms with Gasteiger partial charge in [0.15, 0.2) is 0 Å². The van der Waals surface area contributed by atoms with E-state index in [0.29, 0.717) is 6.42 Å². The van der Waals surface area contributed by atoms with Gasteiger partial charge in [-0.25, -0.2) is 0 Å². The number of aryl methyl sites for hydroxylation is 1. The zero-order chi connectivity index (χ0) is 15.4. The van der Waals surface area contributed by atoms with Crippen molar-refractivity contribution in [1.29, 1.82) is 0 Å². The van der Waals surface area contributed by atoms with E-state index >= 15 is 0 Å². The number of benzene rings is 1. The molecular weight excluding hydrogens is 296 g/mol. The second-order valence-corrected chi connectivity index (χ2v) is 6.36. The summed E-state index contributed by atoms with van der Waals surface area (Å²) in [7, 11) is 0. The van der Waals surface area contributed by atoms with Gasteiger partial charge in [-0.1, -0.05) is 12.1 Å². The summed E-state index contributed by atoms with van der Waals surface area (Å²) in [4.78, 5) is 17.2. The maximum Gasteiger partial charge on any atom is 0.222 e. The molecule has 116 valence electrons. The standard InChI is InChI=1S/C16H20N4OS/c1-22-15-5-2-13(3-6-15)4-7-16(21)19-11-8-14(12-19)20-17-9-10-18-20/h2-3,5-6,9-10,14H,4,7-8,11-12H2,1H3. The summed E-state index contributed by atoms with van der Waals surface area (Å²) in [5, 5.41) is 8.34. The highest BCUT2D eigenvalue weighted by molar-refractivity contribution is 7.98. The van der Waals surface area contributed by atoms with Crippen molar-refractivity contribution < 1.29 is 4.79 Å². The van der Waals surface area contributed by atoms with Crippen molar-refractivity contribution in [1.82, 2.24) is 19.9 Å². The van der Waals surface area contributed by atoms with Gasteiger partial charge < -0.3 is 4.90 Å². The molecule has 3 rings (SSSR count). The number of thioether (sulfide) groups is 1. The van der Waals surface area contributed by atoms with Gasteiger partial charge in [0.05, 0.1) is 18.4 Å². The van der Waals surface area contributed by atoms with Crippen LogP contribution in [-0.4, -0.2) is 45.1 Å². The number of nitrogens with zero attached hydrogens (tertiary/aromatic N) is 4. The first-order chi connectivity index (χ1) is 10.8. The predicted molar refractivity (Wildman–Crippen MR) is 86.8 cm³/mol. The van der Waals surface area contributed by atoms with Crippen molar-refractivity contribution in [3.63, 3.8) is 0 Å². The number of hydrogen-bond acceptors (Lipinski definition) is 4. The van der Waals surface area contributed by atoms with Crippen molar-refractivity contribution in [2.45, 2.75) is 30.2 Å². The Labute approximate surface area is 134 Å². The third kappa shape index (κ3) is 3.50. The van der Waals surface area contributed by atoms with Gasteiger partial charge in [0.1, 0.15) is 0 Å². The molecule has 5 nitrogen and oxygen atoms in total. The molecule has 0 spiro atoms. The zero-order valence-electron chi connectivity index (χ0n) is 12.7. The molecule has 0 saturated carbocycles. The van der Waals surface area contributed by atoms with Crippen molar-refractivity contribution in [2.24, 2.45) is 0 Å². The lowest BCUT2D eigenvalue weighted by molar-refractivity contribution is -0.130. The molecule has 6 heteroatoms. The van der Waals surface area contributed by atoms with Crippen LogP contribution in [0.15, 0.2) is 41.6 Å². The van der Waals surface area contributed by atoms with Gasteiger partial charge in [-0.05, 0) is 36.8 Å². The van der Waals surface area contributed by atoms with Gasteiger partial charge in [-0.15, -0.1) is 11.8 Å². The second-order valence-electron chi connectivity index (χ2n) is 5.48. The van der Waals surface area contributed by atoms with Crippen LogP contribution >= 0.6 is 11.8 Å². The number of carbonyl (C=O) groups excluding carboxylic acids is 1. The first kappa shape index (κ1) is 15.1. The Kier molecular flexibility index (Phi) is 4.77. The maximum atomic E-state index is 12.3. The number of rotatable bonds is 5. The van der Waals surface area contributed by atoms with Crippen LogP contribution in [0.1, 0.15) is 24.4 Å². The van der Waals surface area contributed by atoms with Crippen molar-refractivity contribution in [3.8, 4) is 0 Å². The molecule has 1 saturated heterocycles. The van der Waals surface area contributed by atoms with E-state index in [4.69, 9.17) is 0 Å². The largest absolute Gasteiger partial charge is 0.340 e. The topological polar surface area (TPSA) is 51.0 Å². The summed E-state index contributed by atoms with van der Waals surface area (Å²) in [6.45, 7) is 1.52. The normalized spacial score (nSPS) is 17.9. The van der Waals surface area contributed by atoms with Crippen LogP contribution in [0.4, 0.5) is 0 Å². The Morgan fingerprint density at radius 1 is 1.27 bits per heavy atom. The SMILES string of the molecule is CSc1ccc(CCC(=O)N2CCC(n3nccn3)C2)cc1. The average molecular weight is 316 g/mol. The Morgan fingerprint density at radius 3 is 2.68 bits per heavy atom. The summed E-state index contributed by atoms with van der Waals surface area (Å²) in [5.41, 5.74) is 1.22. The van der Waals surface area contributed by atoms with Crippen LogP contribution in [-0.2, 0) is 11.2 Å². The van der Waals surface area contributed by atoms with E-state index in [1.807, 2.05) is 4.90 Å². The van der Waals surface area contributed by atoms with Crippen LogP contribution in [0.25, 0.3) is 0 Å². The van der Waals surface area contributed by atoms with Gasteiger partial charge >= 0.3 is 0 Å². The Hall–Kier alpha value is -1.82. The third-order valence-electron chi connectivity index (χ3n) is 4.07. The molecule has 1 unspecified atom stereocenters. The summed E-state index contributed by atoms with van der Waals surface area (Å²) in [5.74, 6) is 0.226. The van der Waals surface area contributed by atoms with Gasteiger partial charge in [0.25, 0.3) is 0 Å². The zero-order valence-corrected chi connectivity index (χ0v) is 13.5. The highest BCUT2D eigenvalue weighted by atomic mass is 32.2. The molecule has 2 aromatic rings. The molecule has 0 radical (unpaired) electrons. The van der Waals surface area contributed by atoms with Crippen LogP contribution in [0.3, 0.4) is 0 Å². The molecule has 0 aliphatic carbocycles. The highest BCUT2D eigenvalue weighted by Crippen LogP contribution is 2.21. The van der Waals surface area contributed by atoms with Crippen LogP contribution < -0.4 is 0 Å². The average Bonchev–Trinajstić information content (AvgIpc) is 3.23. The fraction of sp³-hybridized carbons (Fsp3) is 0.438. The molecule has 1 aliphatic heterocycles. The van der Waals surface area contributed by atoms with E-state index in [-0.39, 0.29) is 11.9 Å². The molecule has 1 aliphatic rings. The lowest BCUT2D eigenvalue weighted by atomic mass is 10.1. The molecule has 1 amide bonds. The fourth-order valence-corrected chi connectivity index (χ4v) is 3.18. The quantitative estimate of drug-likeness (QED) is 0.795. The monoisotopic (exact) mass is 316 g/mol. The molecule has 0 N–H and O–H groups in total. The molecule has 0 bridgehead atoms. The van der Waals surface area contributed by atoms with E-state index < -0.39 is 0 Å². The molecular formula is C16H20N4OS. The number of amides is 1. The van der Waals surface area contributed by atoms with Crippen LogP contribution in [0.5, 0.6) is 0 Å². The Bertz CT molecular complexity index is 612. The number of hydrogen-bond donors (Lipinski definition) is 0. The lowest BCUT2D eigenvalue weighted by Gasteiger charge is -2.16. The second kappa shape index (κ2) is 6.96. The molecule has 1 atom stereocenters. The van der Waals surface area contributed by atoms with E-state index in [2.05, 4.69) is 40.7 Å². The fourth-order valence-electron chi connectivity index (χ4n) is 2.77. The maximum absolute atomic E-state index is 12.3. The summed E-state index contributed by atoms with van der Waals surface area (Å²) >= 11 is 1.73. The molecule has 2 heterocycles.